The Morgan fingerprint density at radius 1 is 0.852 bits per heavy atom. The highest BCUT2D eigenvalue weighted by molar-refractivity contribution is 6.31. The Bertz CT molecular complexity index is 971. The van der Waals surface area contributed by atoms with E-state index in [1.807, 2.05) is 37.3 Å². The lowest BCUT2D eigenvalue weighted by atomic mass is 10.1. The summed E-state index contributed by atoms with van der Waals surface area (Å²) in [4.78, 5) is 24.9. The van der Waals surface area contributed by atoms with Crippen LogP contribution < -0.4 is 10.6 Å². The van der Waals surface area contributed by atoms with Crippen LogP contribution in [0.25, 0.3) is 0 Å². The number of anilines is 1. The summed E-state index contributed by atoms with van der Waals surface area (Å²) in [5, 5.41) is 6.28. The van der Waals surface area contributed by atoms with E-state index < -0.39 is 0 Å². The molecular formula is C22H19ClN2O2. The first-order valence-corrected chi connectivity index (χ1v) is 8.91. The fourth-order valence-corrected chi connectivity index (χ4v) is 2.79. The van der Waals surface area contributed by atoms with Crippen molar-refractivity contribution in [1.29, 1.82) is 0 Å². The summed E-state index contributed by atoms with van der Waals surface area (Å²) in [5.74, 6) is -0.523. The van der Waals surface area contributed by atoms with Gasteiger partial charge in [-0.15, -0.1) is 0 Å². The van der Waals surface area contributed by atoms with Gasteiger partial charge in [0, 0.05) is 28.4 Å². The van der Waals surface area contributed by atoms with Crippen molar-refractivity contribution in [3.05, 3.63) is 100 Å². The second kappa shape index (κ2) is 8.52. The predicted molar refractivity (Wildman–Crippen MR) is 108 cm³/mol. The van der Waals surface area contributed by atoms with Gasteiger partial charge in [-0.25, -0.2) is 0 Å². The summed E-state index contributed by atoms with van der Waals surface area (Å²) in [6.45, 7) is 2.27. The molecule has 3 rings (SSSR count). The molecule has 0 bridgehead atoms. The molecule has 136 valence electrons. The largest absolute Gasteiger partial charge is 0.348 e. The Morgan fingerprint density at radius 2 is 1.52 bits per heavy atom. The number of carbonyl (C=O) groups is 2. The zero-order chi connectivity index (χ0) is 19.2. The minimum absolute atomic E-state index is 0.229. The van der Waals surface area contributed by atoms with Crippen molar-refractivity contribution in [2.75, 3.05) is 5.32 Å². The maximum Gasteiger partial charge on any atom is 0.255 e. The highest BCUT2D eigenvalue weighted by atomic mass is 35.5. The van der Waals surface area contributed by atoms with Crippen LogP contribution >= 0.6 is 11.6 Å². The molecule has 27 heavy (non-hydrogen) atoms. The molecule has 0 saturated carbocycles. The fraction of sp³-hybridized carbons (Fsp3) is 0.0909. The van der Waals surface area contributed by atoms with Gasteiger partial charge in [0.05, 0.1) is 0 Å². The fourth-order valence-electron chi connectivity index (χ4n) is 2.62. The molecule has 5 heteroatoms. The third kappa shape index (κ3) is 4.74. The van der Waals surface area contributed by atoms with Crippen molar-refractivity contribution < 1.29 is 9.59 Å². The molecule has 0 atom stereocenters. The molecule has 2 N–H and O–H groups in total. The first-order valence-electron chi connectivity index (χ1n) is 8.53. The normalized spacial score (nSPS) is 10.3. The van der Waals surface area contributed by atoms with Crippen LogP contribution in [0.15, 0.2) is 72.8 Å². The number of nitrogens with one attached hydrogen (secondary N) is 2. The first kappa shape index (κ1) is 18.7. The average molecular weight is 379 g/mol. The molecule has 0 aromatic heterocycles. The summed E-state index contributed by atoms with van der Waals surface area (Å²) >= 11 is 6.09. The molecule has 2 amide bonds. The van der Waals surface area contributed by atoms with Crippen molar-refractivity contribution in [3.63, 3.8) is 0 Å². The third-order valence-corrected chi connectivity index (χ3v) is 4.61. The van der Waals surface area contributed by atoms with Crippen LogP contribution in [0.2, 0.25) is 5.02 Å². The molecular weight excluding hydrogens is 360 g/mol. The van der Waals surface area contributed by atoms with Crippen molar-refractivity contribution in [2.24, 2.45) is 0 Å². The lowest BCUT2D eigenvalue weighted by Crippen LogP contribution is -2.23. The second-order valence-corrected chi connectivity index (χ2v) is 6.52. The lowest BCUT2D eigenvalue weighted by molar-refractivity contribution is 0.0951. The number of amides is 2. The molecule has 0 radical (unpaired) electrons. The Kier molecular flexibility index (Phi) is 5.89. The summed E-state index contributed by atoms with van der Waals surface area (Å²) < 4.78 is 0. The number of hydrogen-bond acceptors (Lipinski definition) is 2. The van der Waals surface area contributed by atoms with E-state index in [9.17, 15) is 9.59 Å². The molecule has 0 spiro atoms. The van der Waals surface area contributed by atoms with E-state index in [4.69, 9.17) is 11.6 Å². The molecule has 3 aromatic rings. The van der Waals surface area contributed by atoms with Crippen LogP contribution in [-0.4, -0.2) is 11.8 Å². The smallest absolute Gasteiger partial charge is 0.255 e. The lowest BCUT2D eigenvalue weighted by Gasteiger charge is -2.10. The van der Waals surface area contributed by atoms with Crippen molar-refractivity contribution >= 4 is 29.1 Å². The van der Waals surface area contributed by atoms with Crippen molar-refractivity contribution in [3.8, 4) is 0 Å². The van der Waals surface area contributed by atoms with Crippen LogP contribution in [0, 0.1) is 6.92 Å². The van der Waals surface area contributed by atoms with E-state index in [1.54, 1.807) is 42.5 Å². The van der Waals surface area contributed by atoms with Gasteiger partial charge in [-0.1, -0.05) is 54.1 Å². The second-order valence-electron chi connectivity index (χ2n) is 6.12. The van der Waals surface area contributed by atoms with Gasteiger partial charge in [-0.05, 0) is 48.4 Å². The minimum atomic E-state index is -0.293. The van der Waals surface area contributed by atoms with Crippen molar-refractivity contribution in [1.82, 2.24) is 5.32 Å². The predicted octanol–water partition coefficient (Wildman–Crippen LogP) is 4.83. The first-order chi connectivity index (χ1) is 13.0. The van der Waals surface area contributed by atoms with Gasteiger partial charge in [0.2, 0.25) is 0 Å². The van der Waals surface area contributed by atoms with E-state index in [1.165, 1.54) is 0 Å². The van der Waals surface area contributed by atoms with Gasteiger partial charge in [-0.2, -0.15) is 0 Å². The Labute approximate surface area is 163 Å². The number of hydrogen-bond donors (Lipinski definition) is 2. The molecule has 0 unspecified atom stereocenters. The molecule has 4 nitrogen and oxygen atoms in total. The van der Waals surface area contributed by atoms with Crippen LogP contribution in [0.1, 0.15) is 31.8 Å². The van der Waals surface area contributed by atoms with Crippen LogP contribution in [0.5, 0.6) is 0 Å². The van der Waals surface area contributed by atoms with E-state index >= 15 is 0 Å². The summed E-state index contributed by atoms with van der Waals surface area (Å²) in [7, 11) is 0. The van der Waals surface area contributed by atoms with Crippen LogP contribution in [0.3, 0.4) is 0 Å². The average Bonchev–Trinajstić information content (AvgIpc) is 2.70. The van der Waals surface area contributed by atoms with Crippen LogP contribution in [-0.2, 0) is 6.54 Å². The quantitative estimate of drug-likeness (QED) is 0.668. The monoisotopic (exact) mass is 378 g/mol. The zero-order valence-electron chi connectivity index (χ0n) is 14.8. The number of benzene rings is 3. The molecule has 3 aromatic carbocycles. The molecule has 0 aliphatic rings. The Morgan fingerprint density at radius 3 is 2.26 bits per heavy atom. The Balaban J connectivity index is 1.70. The highest BCUT2D eigenvalue weighted by Gasteiger charge is 2.12. The van der Waals surface area contributed by atoms with E-state index in [2.05, 4.69) is 10.6 Å². The molecule has 0 fully saturated rings. The van der Waals surface area contributed by atoms with Crippen molar-refractivity contribution in [2.45, 2.75) is 13.5 Å². The van der Waals surface area contributed by atoms with Gasteiger partial charge >= 0.3 is 0 Å². The van der Waals surface area contributed by atoms with E-state index in [-0.39, 0.29) is 11.8 Å². The van der Waals surface area contributed by atoms with Gasteiger partial charge in [0.1, 0.15) is 0 Å². The number of carbonyl (C=O) groups excluding carboxylic acids is 2. The van der Waals surface area contributed by atoms with Gasteiger partial charge in [-0.3, -0.25) is 9.59 Å². The zero-order valence-corrected chi connectivity index (χ0v) is 15.6. The van der Waals surface area contributed by atoms with Gasteiger partial charge in [0.25, 0.3) is 11.8 Å². The van der Waals surface area contributed by atoms with E-state index in [0.717, 1.165) is 11.1 Å². The van der Waals surface area contributed by atoms with Gasteiger partial charge in [0.15, 0.2) is 0 Å². The van der Waals surface area contributed by atoms with Gasteiger partial charge < -0.3 is 10.6 Å². The topological polar surface area (TPSA) is 58.2 Å². The summed E-state index contributed by atoms with van der Waals surface area (Å²) in [6, 6.07) is 21.6. The SMILES string of the molecule is Cc1c(Cl)cccc1NC(=O)c1cccc(C(=O)NCc2ccccc2)c1. The Hall–Kier alpha value is -3.11. The standard InChI is InChI=1S/C22H19ClN2O2/c1-15-19(23)11-6-12-20(15)25-22(27)18-10-5-9-17(13-18)21(26)24-14-16-7-3-2-4-8-16/h2-13H,14H2,1H3,(H,24,26)(H,25,27). The highest BCUT2D eigenvalue weighted by Crippen LogP contribution is 2.23. The number of halogens is 1. The summed E-state index contributed by atoms with van der Waals surface area (Å²) in [5.41, 5.74) is 3.29. The maximum absolute atomic E-state index is 12.5. The molecule has 0 heterocycles. The molecule has 0 saturated heterocycles. The third-order valence-electron chi connectivity index (χ3n) is 4.20. The maximum atomic E-state index is 12.5. The number of rotatable bonds is 5. The molecule has 0 aliphatic heterocycles. The van der Waals surface area contributed by atoms with Crippen LogP contribution in [0.4, 0.5) is 5.69 Å². The summed E-state index contributed by atoms with van der Waals surface area (Å²) in [6.07, 6.45) is 0. The minimum Gasteiger partial charge on any atom is -0.348 e. The van der Waals surface area contributed by atoms with E-state index in [0.29, 0.717) is 28.4 Å². The molecule has 0 aliphatic carbocycles.